The Hall–Kier alpha value is -1.10. The number of likely N-dealkylation sites (N-methyl/N-ethyl adjacent to an activating group) is 1. The second kappa shape index (κ2) is 13.7. The number of ether oxygens (including phenoxy) is 1. The van der Waals surface area contributed by atoms with E-state index in [2.05, 4.69) is 13.8 Å². The lowest BCUT2D eigenvalue weighted by Crippen LogP contribution is -2.48. The molecule has 0 aromatic carbocycles. The van der Waals surface area contributed by atoms with Crippen molar-refractivity contribution < 1.29 is 14.3 Å². The van der Waals surface area contributed by atoms with Crippen LogP contribution in [0.5, 0.6) is 0 Å². The molecule has 0 unspecified atom stereocenters. The summed E-state index contributed by atoms with van der Waals surface area (Å²) in [4.78, 5) is 27.8. The summed E-state index contributed by atoms with van der Waals surface area (Å²) in [7, 11) is 0. The van der Waals surface area contributed by atoms with Crippen molar-refractivity contribution in [2.45, 2.75) is 130 Å². The van der Waals surface area contributed by atoms with Crippen LogP contribution in [0.4, 0.5) is 4.79 Å². The van der Waals surface area contributed by atoms with Gasteiger partial charge in [0.25, 0.3) is 5.91 Å². The summed E-state index contributed by atoms with van der Waals surface area (Å²) in [5.41, 5.74) is 0.0276. The van der Waals surface area contributed by atoms with E-state index in [4.69, 9.17) is 4.74 Å². The monoisotopic (exact) mass is 464 g/mol. The van der Waals surface area contributed by atoms with E-state index in [9.17, 15) is 9.59 Å². The van der Waals surface area contributed by atoms with Crippen molar-refractivity contribution >= 4 is 11.9 Å². The average molecular weight is 465 g/mol. The Kier molecular flexibility index (Phi) is 11.7. The van der Waals surface area contributed by atoms with E-state index >= 15 is 0 Å². The van der Waals surface area contributed by atoms with Gasteiger partial charge in [-0.1, -0.05) is 65.2 Å². The van der Waals surface area contributed by atoms with Gasteiger partial charge in [0.2, 0.25) is 0 Å². The molecule has 1 aliphatic heterocycles. The van der Waals surface area contributed by atoms with Crippen LogP contribution < -0.4 is 0 Å². The number of rotatable bonds is 17. The minimum atomic E-state index is -0.430. The summed E-state index contributed by atoms with van der Waals surface area (Å²) < 4.78 is 5.87. The highest BCUT2D eigenvalue weighted by Crippen LogP contribution is 2.33. The molecule has 0 radical (unpaired) electrons. The van der Waals surface area contributed by atoms with Crippen LogP contribution in [0.2, 0.25) is 0 Å². The first-order chi connectivity index (χ1) is 15.7. The van der Waals surface area contributed by atoms with E-state index in [-0.39, 0.29) is 18.5 Å². The summed E-state index contributed by atoms with van der Waals surface area (Å²) in [5, 5.41) is 0. The predicted molar refractivity (Wildman–Crippen MR) is 136 cm³/mol. The largest absolute Gasteiger partial charge is 0.381 e. The van der Waals surface area contributed by atoms with Crippen LogP contribution >= 0.6 is 0 Å². The molecule has 2 rings (SSSR count). The maximum atomic E-state index is 12.4. The first kappa shape index (κ1) is 28.1. The van der Waals surface area contributed by atoms with Gasteiger partial charge in [0, 0.05) is 25.3 Å². The molecular weight excluding hydrogens is 412 g/mol. The molecule has 0 spiro atoms. The fourth-order valence-electron chi connectivity index (χ4n) is 5.64. The van der Waals surface area contributed by atoms with Gasteiger partial charge in [0.05, 0.1) is 0 Å². The van der Waals surface area contributed by atoms with Gasteiger partial charge in [-0.05, 0) is 70.6 Å². The van der Waals surface area contributed by atoms with Crippen LogP contribution in [0.1, 0.15) is 125 Å². The lowest BCUT2D eigenvalue weighted by molar-refractivity contribution is -0.129. The molecule has 192 valence electrons. The molecule has 5 nitrogen and oxygen atoms in total. The highest BCUT2D eigenvalue weighted by atomic mass is 16.5. The SMILES string of the molecule is CCN1CC(=O)N(C(C)(C)CCCCOCCCCC(C)(C)CCCCC2CCCC2)C1=O. The minimum absolute atomic E-state index is 0.0696. The van der Waals surface area contributed by atoms with Crippen LogP contribution in [-0.4, -0.2) is 53.6 Å². The number of hydrogen-bond donors (Lipinski definition) is 0. The van der Waals surface area contributed by atoms with Gasteiger partial charge in [0.15, 0.2) is 0 Å². The molecule has 0 aromatic heterocycles. The van der Waals surface area contributed by atoms with Gasteiger partial charge in [-0.25, -0.2) is 4.79 Å². The zero-order valence-corrected chi connectivity index (χ0v) is 22.4. The number of carbonyl (C=O) groups is 2. The fourth-order valence-corrected chi connectivity index (χ4v) is 5.64. The van der Waals surface area contributed by atoms with Crippen molar-refractivity contribution in [2.24, 2.45) is 11.3 Å². The lowest BCUT2D eigenvalue weighted by Gasteiger charge is -2.33. The van der Waals surface area contributed by atoms with E-state index in [1.807, 2.05) is 20.8 Å². The molecule has 2 fully saturated rings. The smallest absolute Gasteiger partial charge is 0.327 e. The Labute approximate surface area is 204 Å². The van der Waals surface area contributed by atoms with Gasteiger partial charge < -0.3 is 9.64 Å². The topological polar surface area (TPSA) is 49.9 Å². The zero-order valence-electron chi connectivity index (χ0n) is 22.4. The Morgan fingerprint density at radius 1 is 0.848 bits per heavy atom. The van der Waals surface area contributed by atoms with E-state index in [0.29, 0.717) is 12.0 Å². The quantitative estimate of drug-likeness (QED) is 0.169. The van der Waals surface area contributed by atoms with E-state index in [1.54, 1.807) is 4.90 Å². The van der Waals surface area contributed by atoms with Crippen molar-refractivity contribution in [3.05, 3.63) is 0 Å². The normalized spacial score (nSPS) is 18.2. The second-order valence-corrected chi connectivity index (χ2v) is 11.9. The van der Waals surface area contributed by atoms with Crippen molar-refractivity contribution in [3.8, 4) is 0 Å². The van der Waals surface area contributed by atoms with E-state index < -0.39 is 5.54 Å². The Balaban J connectivity index is 1.46. The van der Waals surface area contributed by atoms with E-state index in [0.717, 1.165) is 44.8 Å². The van der Waals surface area contributed by atoms with Crippen LogP contribution in [-0.2, 0) is 9.53 Å². The lowest BCUT2D eigenvalue weighted by atomic mass is 9.81. The van der Waals surface area contributed by atoms with Gasteiger partial charge in [-0.3, -0.25) is 9.69 Å². The van der Waals surface area contributed by atoms with Crippen LogP contribution in [0.3, 0.4) is 0 Å². The molecule has 33 heavy (non-hydrogen) atoms. The van der Waals surface area contributed by atoms with Crippen molar-refractivity contribution in [2.75, 3.05) is 26.3 Å². The number of imide groups is 1. The molecule has 0 N–H and O–H groups in total. The van der Waals surface area contributed by atoms with Crippen LogP contribution in [0.15, 0.2) is 0 Å². The van der Waals surface area contributed by atoms with E-state index in [1.165, 1.54) is 69.1 Å². The number of amides is 3. The number of carbonyl (C=O) groups excluding carboxylic acids is 2. The third kappa shape index (κ3) is 9.58. The van der Waals surface area contributed by atoms with Crippen LogP contribution in [0, 0.1) is 11.3 Å². The third-order valence-corrected chi connectivity index (χ3v) is 7.93. The second-order valence-electron chi connectivity index (χ2n) is 11.9. The van der Waals surface area contributed by atoms with Gasteiger partial charge in [-0.2, -0.15) is 0 Å². The predicted octanol–water partition coefficient (Wildman–Crippen LogP) is 7.18. The Morgan fingerprint density at radius 3 is 2.00 bits per heavy atom. The number of nitrogens with zero attached hydrogens (tertiary/aromatic N) is 2. The molecule has 0 atom stereocenters. The molecular formula is C28H52N2O3. The highest BCUT2D eigenvalue weighted by molar-refractivity contribution is 6.02. The molecule has 1 saturated carbocycles. The molecule has 5 heteroatoms. The first-order valence-corrected chi connectivity index (χ1v) is 13.9. The molecule has 2 aliphatic rings. The molecule has 3 amide bonds. The molecule has 0 bridgehead atoms. The standard InChI is InChI=1S/C28H52N2O3/c1-6-29-23-25(31)30(26(29)32)28(4,5)20-12-14-22-33-21-13-11-19-27(2,3)18-10-9-17-24-15-7-8-16-24/h24H,6-23H2,1-5H3. The summed E-state index contributed by atoms with van der Waals surface area (Å²) in [6, 6.07) is -0.138. The molecule has 0 aromatic rings. The number of urea groups is 1. The van der Waals surface area contributed by atoms with Crippen LogP contribution in [0.25, 0.3) is 0 Å². The van der Waals surface area contributed by atoms with Gasteiger partial charge >= 0.3 is 6.03 Å². The highest BCUT2D eigenvalue weighted by Gasteiger charge is 2.43. The molecule has 1 saturated heterocycles. The Bertz CT molecular complexity index is 596. The maximum absolute atomic E-state index is 12.4. The fraction of sp³-hybridized carbons (Fsp3) is 0.929. The zero-order chi connectivity index (χ0) is 24.3. The average Bonchev–Trinajstić information content (AvgIpc) is 3.37. The summed E-state index contributed by atoms with van der Waals surface area (Å²) in [6.07, 6.45) is 18.0. The summed E-state index contributed by atoms with van der Waals surface area (Å²) in [5.74, 6) is 0.966. The van der Waals surface area contributed by atoms with Crippen molar-refractivity contribution in [1.29, 1.82) is 0 Å². The van der Waals surface area contributed by atoms with Crippen molar-refractivity contribution in [3.63, 3.8) is 0 Å². The first-order valence-electron chi connectivity index (χ1n) is 13.9. The Morgan fingerprint density at radius 2 is 1.42 bits per heavy atom. The maximum Gasteiger partial charge on any atom is 0.327 e. The number of unbranched alkanes of at least 4 members (excludes halogenated alkanes) is 3. The van der Waals surface area contributed by atoms with Gasteiger partial charge in [0.1, 0.15) is 6.54 Å². The third-order valence-electron chi connectivity index (χ3n) is 7.93. The molecule has 1 heterocycles. The summed E-state index contributed by atoms with van der Waals surface area (Å²) in [6.45, 7) is 13.2. The molecule has 1 aliphatic carbocycles. The van der Waals surface area contributed by atoms with Gasteiger partial charge in [-0.15, -0.1) is 0 Å². The number of hydrogen-bond acceptors (Lipinski definition) is 3. The summed E-state index contributed by atoms with van der Waals surface area (Å²) >= 11 is 0. The minimum Gasteiger partial charge on any atom is -0.381 e. The van der Waals surface area contributed by atoms with Crippen molar-refractivity contribution in [1.82, 2.24) is 9.80 Å².